The second kappa shape index (κ2) is 9.69. The third-order valence-electron chi connectivity index (χ3n) is 7.31. The van der Waals surface area contributed by atoms with Crippen molar-refractivity contribution in [2.45, 2.75) is 51.2 Å². The molecule has 1 unspecified atom stereocenters. The highest BCUT2D eigenvalue weighted by atomic mass is 15.2. The van der Waals surface area contributed by atoms with Crippen molar-refractivity contribution in [1.29, 1.82) is 0 Å². The van der Waals surface area contributed by atoms with Crippen LogP contribution in [-0.2, 0) is 19.5 Å². The van der Waals surface area contributed by atoms with Crippen LogP contribution in [0.1, 0.15) is 48.8 Å². The Morgan fingerprint density at radius 1 is 1.12 bits per heavy atom. The minimum atomic E-state index is 0.364. The van der Waals surface area contributed by atoms with Crippen LogP contribution in [0, 0.1) is 5.92 Å². The number of rotatable bonds is 7. The van der Waals surface area contributed by atoms with Crippen LogP contribution < -0.4 is 5.73 Å². The zero-order valence-electron chi connectivity index (χ0n) is 19.3. The molecule has 2 atom stereocenters. The van der Waals surface area contributed by atoms with E-state index in [0.29, 0.717) is 12.0 Å². The van der Waals surface area contributed by atoms with Gasteiger partial charge in [0.25, 0.3) is 0 Å². The molecule has 0 spiro atoms. The van der Waals surface area contributed by atoms with E-state index in [2.05, 4.69) is 57.8 Å². The maximum Gasteiger partial charge on any atom is 0.124 e. The van der Waals surface area contributed by atoms with E-state index in [1.807, 2.05) is 6.20 Å². The first-order chi connectivity index (χ1) is 15.7. The summed E-state index contributed by atoms with van der Waals surface area (Å²) in [4.78, 5) is 14.8. The van der Waals surface area contributed by atoms with Crippen LogP contribution in [0.5, 0.6) is 0 Å². The van der Waals surface area contributed by atoms with Gasteiger partial charge in [-0.1, -0.05) is 18.2 Å². The van der Waals surface area contributed by atoms with E-state index in [1.54, 1.807) is 0 Å². The number of para-hydroxylation sites is 2. The molecule has 0 amide bonds. The monoisotopic (exact) mass is 432 g/mol. The molecule has 6 heteroatoms. The van der Waals surface area contributed by atoms with Crippen molar-refractivity contribution >= 4 is 11.0 Å². The normalized spacial score (nSPS) is 21.8. The lowest BCUT2D eigenvalue weighted by Gasteiger charge is -2.34. The van der Waals surface area contributed by atoms with Crippen molar-refractivity contribution < 1.29 is 0 Å². The zero-order valence-corrected chi connectivity index (χ0v) is 19.3. The molecular weight excluding hydrogens is 396 g/mol. The molecule has 0 bridgehead atoms. The van der Waals surface area contributed by atoms with Gasteiger partial charge in [-0.3, -0.25) is 9.88 Å². The molecule has 3 aromatic rings. The molecule has 1 fully saturated rings. The Hall–Kier alpha value is -2.28. The van der Waals surface area contributed by atoms with Crippen LogP contribution in [0.2, 0.25) is 0 Å². The van der Waals surface area contributed by atoms with Crippen molar-refractivity contribution in [3.63, 3.8) is 0 Å². The maximum absolute atomic E-state index is 5.83. The molecule has 2 aliphatic rings. The van der Waals surface area contributed by atoms with Crippen molar-refractivity contribution in [2.24, 2.45) is 11.7 Å². The number of piperidine rings is 1. The second-order valence-corrected chi connectivity index (χ2v) is 9.60. The van der Waals surface area contributed by atoms with Gasteiger partial charge < -0.3 is 15.2 Å². The Labute approximate surface area is 191 Å². The standard InChI is InChI=1S/C26H36N6/c1-30(24-12-4-8-21-9-5-14-28-26(21)24)19-25-29-22-10-2-3-11-23(22)32(25)18-20-7-6-15-31(17-20)16-13-27/h2-3,5,9-11,14,20,24H,4,6-8,12-13,15-19,27H2,1H3/t20-,24?/m0/s1. The molecule has 1 aliphatic carbocycles. The van der Waals surface area contributed by atoms with E-state index in [-0.39, 0.29) is 0 Å². The molecule has 1 aromatic carbocycles. The van der Waals surface area contributed by atoms with Gasteiger partial charge in [-0.2, -0.15) is 0 Å². The summed E-state index contributed by atoms with van der Waals surface area (Å²) in [5.41, 5.74) is 10.9. The molecule has 6 nitrogen and oxygen atoms in total. The summed E-state index contributed by atoms with van der Waals surface area (Å²) < 4.78 is 2.49. The number of aromatic nitrogens is 3. The average molecular weight is 433 g/mol. The second-order valence-electron chi connectivity index (χ2n) is 9.60. The van der Waals surface area contributed by atoms with E-state index < -0.39 is 0 Å². The molecule has 0 saturated carbocycles. The van der Waals surface area contributed by atoms with E-state index in [4.69, 9.17) is 15.7 Å². The van der Waals surface area contributed by atoms with Crippen LogP contribution in [0.3, 0.4) is 0 Å². The summed E-state index contributed by atoms with van der Waals surface area (Å²) in [5, 5.41) is 0. The number of hydrogen-bond acceptors (Lipinski definition) is 5. The highest BCUT2D eigenvalue weighted by Crippen LogP contribution is 2.33. The van der Waals surface area contributed by atoms with Gasteiger partial charge in [0.05, 0.1) is 29.3 Å². The largest absolute Gasteiger partial charge is 0.329 e. The molecule has 170 valence electrons. The van der Waals surface area contributed by atoms with E-state index in [9.17, 15) is 0 Å². The van der Waals surface area contributed by atoms with Gasteiger partial charge in [-0.05, 0) is 75.4 Å². The number of pyridine rings is 1. The molecule has 3 heterocycles. The molecule has 32 heavy (non-hydrogen) atoms. The summed E-state index contributed by atoms with van der Waals surface area (Å²) in [5.74, 6) is 1.82. The average Bonchev–Trinajstić information content (AvgIpc) is 3.16. The van der Waals surface area contributed by atoms with E-state index >= 15 is 0 Å². The van der Waals surface area contributed by atoms with Crippen LogP contribution in [0.4, 0.5) is 0 Å². The Bertz CT molecular complexity index is 1040. The Morgan fingerprint density at radius 2 is 2.03 bits per heavy atom. The topological polar surface area (TPSA) is 63.2 Å². The SMILES string of the molecule is CN(Cc1nc2ccccc2n1C[C@H]1CCCN(CCN)C1)C1CCCc2cccnc21. The smallest absolute Gasteiger partial charge is 0.124 e. The fraction of sp³-hybridized carbons (Fsp3) is 0.538. The number of benzene rings is 1. The van der Waals surface area contributed by atoms with Crippen LogP contribution in [0.15, 0.2) is 42.6 Å². The predicted octanol–water partition coefficient (Wildman–Crippen LogP) is 3.61. The molecule has 1 saturated heterocycles. The predicted molar refractivity (Wildman–Crippen MR) is 129 cm³/mol. The maximum atomic E-state index is 5.83. The van der Waals surface area contributed by atoms with E-state index in [1.165, 1.54) is 48.4 Å². The fourth-order valence-corrected chi connectivity index (χ4v) is 5.74. The highest BCUT2D eigenvalue weighted by Gasteiger charge is 2.27. The van der Waals surface area contributed by atoms with Gasteiger partial charge in [0, 0.05) is 32.4 Å². The molecule has 2 N–H and O–H groups in total. The van der Waals surface area contributed by atoms with Gasteiger partial charge in [0.2, 0.25) is 0 Å². The van der Waals surface area contributed by atoms with Crippen LogP contribution in [-0.4, -0.2) is 57.6 Å². The van der Waals surface area contributed by atoms with Gasteiger partial charge in [-0.15, -0.1) is 0 Å². The third-order valence-corrected chi connectivity index (χ3v) is 7.31. The summed E-state index contributed by atoms with van der Waals surface area (Å²) in [6.07, 6.45) is 8.02. The third kappa shape index (κ3) is 4.45. The number of imidazole rings is 1. The first kappa shape index (κ1) is 21.6. The summed E-state index contributed by atoms with van der Waals surface area (Å²) in [6, 6.07) is 13.3. The van der Waals surface area contributed by atoms with Gasteiger partial charge in [-0.25, -0.2) is 4.98 Å². The molecule has 0 radical (unpaired) electrons. The van der Waals surface area contributed by atoms with Gasteiger partial charge in [0.1, 0.15) is 5.82 Å². The van der Waals surface area contributed by atoms with Crippen LogP contribution in [0.25, 0.3) is 11.0 Å². The zero-order chi connectivity index (χ0) is 21.9. The lowest BCUT2D eigenvalue weighted by molar-refractivity contribution is 0.163. The lowest BCUT2D eigenvalue weighted by Crippen LogP contribution is -2.40. The van der Waals surface area contributed by atoms with Crippen molar-refractivity contribution in [3.8, 4) is 0 Å². The molecule has 1 aliphatic heterocycles. The first-order valence-corrected chi connectivity index (χ1v) is 12.2. The summed E-state index contributed by atoms with van der Waals surface area (Å²) >= 11 is 0. The summed E-state index contributed by atoms with van der Waals surface area (Å²) in [7, 11) is 2.24. The lowest BCUT2D eigenvalue weighted by atomic mass is 9.91. The summed E-state index contributed by atoms with van der Waals surface area (Å²) in [6.45, 7) is 5.94. The minimum absolute atomic E-state index is 0.364. The number of likely N-dealkylation sites (tertiary alicyclic amines) is 1. The number of hydrogen-bond donors (Lipinski definition) is 1. The Kier molecular flexibility index (Phi) is 6.53. The molecule has 5 rings (SSSR count). The number of nitrogens with zero attached hydrogens (tertiary/aromatic N) is 5. The van der Waals surface area contributed by atoms with E-state index in [0.717, 1.165) is 51.1 Å². The minimum Gasteiger partial charge on any atom is -0.329 e. The number of aryl methyl sites for hydroxylation is 1. The van der Waals surface area contributed by atoms with Crippen LogP contribution >= 0.6 is 0 Å². The Balaban J connectivity index is 1.40. The Morgan fingerprint density at radius 3 is 2.94 bits per heavy atom. The number of fused-ring (bicyclic) bond motifs is 2. The van der Waals surface area contributed by atoms with Crippen molar-refractivity contribution in [1.82, 2.24) is 24.3 Å². The first-order valence-electron chi connectivity index (χ1n) is 12.2. The van der Waals surface area contributed by atoms with Crippen molar-refractivity contribution in [3.05, 3.63) is 59.7 Å². The fourth-order valence-electron chi connectivity index (χ4n) is 5.74. The number of nitrogens with two attached hydrogens (primary N) is 1. The molecular formula is C26H36N6. The van der Waals surface area contributed by atoms with Gasteiger partial charge in [0.15, 0.2) is 0 Å². The highest BCUT2D eigenvalue weighted by molar-refractivity contribution is 5.75. The molecule has 2 aromatic heterocycles. The van der Waals surface area contributed by atoms with Crippen molar-refractivity contribution in [2.75, 3.05) is 33.2 Å². The quantitative estimate of drug-likeness (QED) is 0.618. The van der Waals surface area contributed by atoms with Gasteiger partial charge >= 0.3 is 0 Å².